The van der Waals surface area contributed by atoms with E-state index < -0.39 is 35.8 Å². The molecule has 0 atom stereocenters. The monoisotopic (exact) mass is 313 g/mol. The van der Waals surface area contributed by atoms with E-state index in [4.69, 9.17) is 0 Å². The fourth-order valence-electron chi connectivity index (χ4n) is 1.10. The predicted octanol–water partition coefficient (Wildman–Crippen LogP) is 1.83. The van der Waals surface area contributed by atoms with E-state index in [9.17, 15) is 25.6 Å². The highest BCUT2D eigenvalue weighted by Crippen LogP contribution is 2.21. The number of sulfonamides is 1. The summed E-state index contributed by atoms with van der Waals surface area (Å²) in [6, 6.07) is 4.10. The quantitative estimate of drug-likeness (QED) is 0.899. The van der Waals surface area contributed by atoms with Crippen LogP contribution in [0.3, 0.4) is 0 Å². The lowest BCUT2D eigenvalue weighted by atomic mass is 10.3. The van der Waals surface area contributed by atoms with Crippen LogP contribution >= 0.6 is 0 Å². The number of alkyl halides is 2. The van der Waals surface area contributed by atoms with Gasteiger partial charge in [0.15, 0.2) is 0 Å². The zero-order valence-corrected chi connectivity index (χ0v) is 11.8. The Labute approximate surface area is 110 Å². The molecule has 1 N–H and O–H groups in total. The smallest absolute Gasteiger partial charge is 0.283 e. The molecule has 19 heavy (non-hydrogen) atoms. The molecule has 0 aliphatic rings. The van der Waals surface area contributed by atoms with E-state index in [0.717, 1.165) is 24.3 Å². The first-order chi connectivity index (χ1) is 8.57. The highest BCUT2D eigenvalue weighted by atomic mass is 32.2. The molecular weight excluding hydrogens is 300 g/mol. The highest BCUT2D eigenvalue weighted by Gasteiger charge is 2.26. The van der Waals surface area contributed by atoms with Gasteiger partial charge in [0.25, 0.3) is 0 Å². The van der Waals surface area contributed by atoms with Crippen molar-refractivity contribution in [2.24, 2.45) is 0 Å². The Morgan fingerprint density at radius 3 is 1.84 bits per heavy atom. The van der Waals surface area contributed by atoms with Crippen LogP contribution in [0.25, 0.3) is 0 Å². The normalized spacial score (nSPS) is 12.9. The van der Waals surface area contributed by atoms with Crippen molar-refractivity contribution in [1.82, 2.24) is 0 Å². The van der Waals surface area contributed by atoms with E-state index in [1.807, 2.05) is 0 Å². The molecule has 9 heteroatoms. The molecule has 0 amide bonds. The summed E-state index contributed by atoms with van der Waals surface area (Å²) in [5, 5.41) is -0.669. The van der Waals surface area contributed by atoms with E-state index in [-0.39, 0.29) is 5.69 Å². The molecule has 0 saturated carbocycles. The second kappa shape index (κ2) is 5.41. The molecule has 1 aromatic rings. The predicted molar refractivity (Wildman–Crippen MR) is 67.3 cm³/mol. The van der Waals surface area contributed by atoms with Gasteiger partial charge >= 0.3 is 5.76 Å². The topological polar surface area (TPSA) is 80.3 Å². The summed E-state index contributed by atoms with van der Waals surface area (Å²) in [4.78, 5) is -0.560. The van der Waals surface area contributed by atoms with Crippen molar-refractivity contribution in [3.05, 3.63) is 24.3 Å². The van der Waals surface area contributed by atoms with Crippen LogP contribution in [0.15, 0.2) is 29.2 Å². The second-order valence-corrected chi connectivity index (χ2v) is 8.18. The number of hydrogen-bond acceptors (Lipinski definition) is 4. The molecule has 0 fully saturated rings. The third-order valence-electron chi connectivity index (χ3n) is 2.30. The van der Waals surface area contributed by atoms with Gasteiger partial charge in [-0.25, -0.2) is 16.8 Å². The Bertz CT molecular complexity index is 637. The molecule has 1 aromatic carbocycles. The first-order valence-electron chi connectivity index (χ1n) is 5.21. The number of benzene rings is 1. The molecule has 0 unspecified atom stereocenters. The van der Waals surface area contributed by atoms with Gasteiger partial charge in [-0.2, -0.15) is 8.78 Å². The lowest BCUT2D eigenvalue weighted by molar-refractivity contribution is 0.234. The Kier molecular flexibility index (Phi) is 4.51. The molecule has 108 valence electrons. The molecule has 0 aliphatic heterocycles. The summed E-state index contributed by atoms with van der Waals surface area (Å²) in [5.74, 6) is -3.51. The van der Waals surface area contributed by atoms with Crippen LogP contribution in [0.1, 0.15) is 13.8 Å². The fourth-order valence-corrected chi connectivity index (χ4v) is 2.52. The molecule has 5 nitrogen and oxygen atoms in total. The van der Waals surface area contributed by atoms with E-state index in [0.29, 0.717) is 0 Å². The summed E-state index contributed by atoms with van der Waals surface area (Å²) in [6.07, 6.45) is 0. The van der Waals surface area contributed by atoms with Gasteiger partial charge < -0.3 is 0 Å². The van der Waals surface area contributed by atoms with E-state index >= 15 is 0 Å². The summed E-state index contributed by atoms with van der Waals surface area (Å²) in [5.41, 5.74) is 0.113. The molecular formula is C10H13F2NO4S2. The van der Waals surface area contributed by atoms with E-state index in [1.165, 1.54) is 13.8 Å². The number of hydrogen-bond donors (Lipinski definition) is 1. The second-order valence-electron chi connectivity index (χ2n) is 4.03. The Morgan fingerprint density at radius 2 is 1.47 bits per heavy atom. The molecule has 0 radical (unpaired) electrons. The molecule has 0 heterocycles. The minimum absolute atomic E-state index is 0.113. The van der Waals surface area contributed by atoms with Gasteiger partial charge in [-0.3, -0.25) is 4.72 Å². The average molecular weight is 313 g/mol. The number of rotatable bonds is 5. The number of anilines is 1. The van der Waals surface area contributed by atoms with Gasteiger partial charge in [0, 0.05) is 5.69 Å². The van der Waals surface area contributed by atoms with Crippen molar-refractivity contribution in [2.75, 3.05) is 4.72 Å². The van der Waals surface area contributed by atoms with Crippen LogP contribution in [0.5, 0.6) is 0 Å². The largest absolute Gasteiger partial charge is 0.341 e. The summed E-state index contributed by atoms with van der Waals surface area (Å²) >= 11 is 0. The third kappa shape index (κ3) is 3.63. The van der Waals surface area contributed by atoms with Crippen molar-refractivity contribution in [1.29, 1.82) is 0 Å². The molecule has 0 aromatic heterocycles. The highest BCUT2D eigenvalue weighted by molar-refractivity contribution is 7.93. The van der Waals surface area contributed by atoms with Gasteiger partial charge in [0.05, 0.1) is 10.1 Å². The summed E-state index contributed by atoms with van der Waals surface area (Å²) in [6.45, 7) is 2.94. The Morgan fingerprint density at radius 1 is 1.00 bits per heavy atom. The van der Waals surface area contributed by atoms with Gasteiger partial charge in [-0.15, -0.1) is 0 Å². The summed E-state index contributed by atoms with van der Waals surface area (Å²) in [7, 11) is -8.23. The zero-order valence-electron chi connectivity index (χ0n) is 10.2. The van der Waals surface area contributed by atoms with Crippen molar-refractivity contribution >= 4 is 25.5 Å². The zero-order chi connectivity index (χ0) is 14.8. The maximum atomic E-state index is 12.3. The van der Waals surface area contributed by atoms with Gasteiger partial charge in [-0.1, -0.05) is 0 Å². The standard InChI is InChI=1S/C10H13F2NO4S2/c1-7(2)19(16,17)13-8-3-5-9(6-4-8)18(14,15)10(11)12/h3-7,10,13H,1-2H3. The van der Waals surface area contributed by atoms with Crippen molar-refractivity contribution in [3.63, 3.8) is 0 Å². The van der Waals surface area contributed by atoms with Gasteiger partial charge in [0.1, 0.15) is 0 Å². The molecule has 0 bridgehead atoms. The van der Waals surface area contributed by atoms with E-state index in [2.05, 4.69) is 4.72 Å². The Hall–Kier alpha value is -1.22. The molecule has 0 spiro atoms. The molecule has 1 rings (SSSR count). The first-order valence-corrected chi connectivity index (χ1v) is 8.30. The maximum Gasteiger partial charge on any atom is 0.341 e. The summed E-state index contributed by atoms with van der Waals surface area (Å²) < 4.78 is 72.1. The minimum atomic E-state index is -4.66. The minimum Gasteiger partial charge on any atom is -0.283 e. The van der Waals surface area contributed by atoms with Crippen molar-refractivity contribution in [2.45, 2.75) is 29.8 Å². The molecule has 0 saturated heterocycles. The lowest BCUT2D eigenvalue weighted by Gasteiger charge is -2.11. The Balaban J connectivity index is 3.02. The van der Waals surface area contributed by atoms with Gasteiger partial charge in [-0.05, 0) is 38.1 Å². The number of halogens is 2. The third-order valence-corrected chi connectivity index (χ3v) is 5.46. The van der Waals surface area contributed by atoms with E-state index in [1.54, 1.807) is 0 Å². The SMILES string of the molecule is CC(C)S(=O)(=O)Nc1ccc(S(=O)(=O)C(F)F)cc1. The van der Waals surface area contributed by atoms with Gasteiger partial charge in [0.2, 0.25) is 19.9 Å². The van der Waals surface area contributed by atoms with Crippen LogP contribution in [0.4, 0.5) is 14.5 Å². The number of sulfone groups is 1. The van der Waals surface area contributed by atoms with Crippen LogP contribution in [-0.2, 0) is 19.9 Å². The van der Waals surface area contributed by atoms with Crippen LogP contribution in [0.2, 0.25) is 0 Å². The maximum absolute atomic E-state index is 12.3. The van der Waals surface area contributed by atoms with Crippen LogP contribution in [0, 0.1) is 0 Å². The van der Waals surface area contributed by atoms with Crippen LogP contribution in [-0.4, -0.2) is 27.8 Å². The van der Waals surface area contributed by atoms with Crippen molar-refractivity contribution < 1.29 is 25.6 Å². The van der Waals surface area contributed by atoms with Crippen LogP contribution < -0.4 is 4.72 Å². The van der Waals surface area contributed by atoms with Crippen molar-refractivity contribution in [3.8, 4) is 0 Å². The first kappa shape index (κ1) is 15.8. The fraction of sp³-hybridized carbons (Fsp3) is 0.400. The average Bonchev–Trinajstić information content (AvgIpc) is 2.28. The number of nitrogens with one attached hydrogen (secondary N) is 1. The molecule has 0 aliphatic carbocycles. The lowest BCUT2D eigenvalue weighted by Crippen LogP contribution is -2.22.